The van der Waals surface area contributed by atoms with Crippen LogP contribution in [0.2, 0.25) is 0 Å². The molecule has 0 saturated heterocycles. The van der Waals surface area contributed by atoms with E-state index in [4.69, 9.17) is 27.8 Å². The number of hydrogen-bond acceptors (Lipinski definition) is 12. The fraction of sp³-hybridized carbons (Fsp3) is 0.383. The van der Waals surface area contributed by atoms with Crippen LogP contribution < -0.4 is 5.32 Å². The number of aryl methyl sites for hydroxylation is 1. The summed E-state index contributed by atoms with van der Waals surface area (Å²) in [7, 11) is -4.31. The van der Waals surface area contributed by atoms with E-state index < -0.39 is 68.8 Å². The molecule has 4 atom stereocenters. The van der Waals surface area contributed by atoms with Crippen molar-refractivity contribution in [1.29, 1.82) is 0 Å². The lowest BCUT2D eigenvalue weighted by atomic mass is 9.89. The first kappa shape index (κ1) is 48.2. The van der Waals surface area contributed by atoms with Gasteiger partial charge in [0.25, 0.3) is 0 Å². The van der Waals surface area contributed by atoms with E-state index in [0.717, 1.165) is 5.56 Å². The Hall–Kier alpha value is -5.46. The van der Waals surface area contributed by atoms with Gasteiger partial charge in [-0.05, 0) is 61.3 Å². The fourth-order valence-corrected chi connectivity index (χ4v) is 7.32. The Kier molecular flexibility index (Phi) is 20.0. The maximum atomic E-state index is 14.1. The van der Waals surface area contributed by atoms with Crippen molar-refractivity contribution >= 4 is 37.4 Å². The Morgan fingerprint density at radius 3 is 1.61 bits per heavy atom. The molecule has 326 valence electrons. The maximum absolute atomic E-state index is 14.1. The number of ketones is 2. The summed E-state index contributed by atoms with van der Waals surface area (Å²) in [6.45, 7) is 5.34. The molecule has 4 rings (SSSR count). The minimum Gasteiger partial charge on any atom is -0.460 e. The Balaban J connectivity index is 1.44. The Labute approximate surface area is 358 Å². The average molecular weight is 858 g/mol. The summed E-state index contributed by atoms with van der Waals surface area (Å²) in [6.07, 6.45) is -1.85. The number of phosphoric ester groups is 1. The van der Waals surface area contributed by atoms with Crippen LogP contribution in [0.5, 0.6) is 0 Å². The highest BCUT2D eigenvalue weighted by atomic mass is 31.2. The van der Waals surface area contributed by atoms with E-state index in [1.54, 1.807) is 72.8 Å². The smallest absolute Gasteiger partial charge is 0.460 e. The molecule has 61 heavy (non-hydrogen) atoms. The van der Waals surface area contributed by atoms with Gasteiger partial charge in [-0.2, -0.15) is 0 Å². The highest BCUT2D eigenvalue weighted by Crippen LogP contribution is 2.51. The molecule has 0 radical (unpaired) electrons. The monoisotopic (exact) mass is 857 g/mol. The molecule has 14 heteroatoms. The zero-order valence-electron chi connectivity index (χ0n) is 35.1. The second-order valence-corrected chi connectivity index (χ2v) is 16.8. The first-order chi connectivity index (χ1) is 29.3. The van der Waals surface area contributed by atoms with E-state index in [9.17, 15) is 28.5 Å². The van der Waals surface area contributed by atoms with E-state index in [-0.39, 0.29) is 44.4 Å². The van der Waals surface area contributed by atoms with Crippen LogP contribution in [0, 0.1) is 17.8 Å². The number of nitrogens with one attached hydrogen (secondary N) is 1. The summed E-state index contributed by atoms with van der Waals surface area (Å²) in [5.74, 6) is -3.97. The zero-order chi connectivity index (χ0) is 44.0. The molecule has 0 saturated carbocycles. The molecule has 0 spiro atoms. The predicted octanol–water partition coefficient (Wildman–Crippen LogP) is 9.12. The third-order valence-electron chi connectivity index (χ3n) is 9.59. The molecule has 13 nitrogen and oxygen atoms in total. The van der Waals surface area contributed by atoms with Gasteiger partial charge in [0.05, 0.1) is 19.3 Å². The van der Waals surface area contributed by atoms with Crippen LogP contribution in [-0.2, 0) is 77.8 Å². The van der Waals surface area contributed by atoms with Crippen molar-refractivity contribution in [1.82, 2.24) is 5.32 Å². The van der Waals surface area contributed by atoms with Gasteiger partial charge >= 0.3 is 19.9 Å². The molecule has 0 aliphatic rings. The average Bonchev–Trinajstić information content (AvgIpc) is 3.25. The SMILES string of the molecule is CC(=O)C[C@@H](CCc1ccccc1)C(=O)N[C@@H](CC(C)C)C(=O)C[C@H](C(=O)OCc1ccccc1)[C@@H](C)OC(=O)OCOP(=O)(OCc1ccccc1)OCc1ccccc1. The lowest BCUT2D eigenvalue weighted by Gasteiger charge is -2.26. The summed E-state index contributed by atoms with van der Waals surface area (Å²) < 4.78 is 46.3. The molecule has 0 bridgehead atoms. The molecule has 1 N–H and O–H groups in total. The summed E-state index contributed by atoms with van der Waals surface area (Å²) in [5.41, 5.74) is 3.09. The van der Waals surface area contributed by atoms with Crippen molar-refractivity contribution in [2.45, 2.75) is 91.8 Å². The van der Waals surface area contributed by atoms with Gasteiger partial charge < -0.3 is 24.3 Å². The topological polar surface area (TPSA) is 170 Å². The molecular weight excluding hydrogens is 801 g/mol. The van der Waals surface area contributed by atoms with E-state index in [1.165, 1.54) is 13.8 Å². The second kappa shape index (κ2) is 25.3. The molecule has 4 aromatic carbocycles. The minimum atomic E-state index is -4.31. The molecule has 4 aromatic rings. The third-order valence-corrected chi connectivity index (χ3v) is 10.9. The first-order valence-electron chi connectivity index (χ1n) is 20.3. The van der Waals surface area contributed by atoms with E-state index in [0.29, 0.717) is 29.5 Å². The van der Waals surface area contributed by atoms with Crippen LogP contribution in [0.25, 0.3) is 0 Å². The number of amides is 1. The largest absolute Gasteiger partial charge is 0.510 e. The Morgan fingerprint density at radius 1 is 0.623 bits per heavy atom. The molecular formula is C47H56NO12P. The first-order valence-corrected chi connectivity index (χ1v) is 21.8. The lowest BCUT2D eigenvalue weighted by molar-refractivity contribution is -0.156. The summed E-state index contributed by atoms with van der Waals surface area (Å²) >= 11 is 0. The molecule has 0 aromatic heterocycles. The highest BCUT2D eigenvalue weighted by Gasteiger charge is 2.36. The number of ether oxygens (including phenoxy) is 3. The maximum Gasteiger partial charge on any atom is 0.510 e. The van der Waals surface area contributed by atoms with Crippen molar-refractivity contribution in [3.05, 3.63) is 144 Å². The number of hydrogen-bond donors (Lipinski definition) is 1. The second-order valence-electron chi connectivity index (χ2n) is 15.1. The van der Waals surface area contributed by atoms with Gasteiger partial charge in [0.2, 0.25) is 12.7 Å². The van der Waals surface area contributed by atoms with Gasteiger partial charge in [0.1, 0.15) is 24.4 Å². The zero-order valence-corrected chi connectivity index (χ0v) is 36.0. The standard InChI is InChI=1S/C47H56NO12P/c1-34(2)27-43(48-45(51)41(28-35(3)49)26-25-37-17-9-5-10-18-37)44(50)29-42(46(52)55-30-38-19-11-6-12-20-38)36(4)60-47(53)56-33-59-61(54,57-31-39-21-13-7-14-22-39)58-32-40-23-15-8-16-24-40/h5-24,34,36,41-43H,25-33H2,1-4H3,(H,48,51)/t36-,41-,42+,43+/m1/s1. The van der Waals surface area contributed by atoms with Crippen LogP contribution >= 0.6 is 7.82 Å². The number of rotatable bonds is 26. The van der Waals surface area contributed by atoms with Crippen molar-refractivity contribution in [2.75, 3.05) is 6.79 Å². The van der Waals surface area contributed by atoms with E-state index >= 15 is 0 Å². The molecule has 1 amide bonds. The van der Waals surface area contributed by atoms with Gasteiger partial charge in [-0.1, -0.05) is 135 Å². The Bertz CT molecular complexity index is 1970. The fourth-order valence-electron chi connectivity index (χ4n) is 6.30. The summed E-state index contributed by atoms with van der Waals surface area (Å²) in [5, 5.41) is 2.86. The number of esters is 1. The molecule has 0 heterocycles. The summed E-state index contributed by atoms with van der Waals surface area (Å²) in [4.78, 5) is 66.7. The van der Waals surface area contributed by atoms with Gasteiger partial charge in [0.15, 0.2) is 5.78 Å². The van der Waals surface area contributed by atoms with Crippen LogP contribution in [0.1, 0.15) is 75.6 Å². The van der Waals surface area contributed by atoms with Crippen molar-refractivity contribution in [2.24, 2.45) is 17.8 Å². The van der Waals surface area contributed by atoms with Crippen LogP contribution in [0.4, 0.5) is 4.79 Å². The number of carbonyl (C=O) groups is 5. The van der Waals surface area contributed by atoms with Gasteiger partial charge in [-0.3, -0.25) is 23.4 Å². The quantitative estimate of drug-likeness (QED) is 0.0362. The third kappa shape index (κ3) is 18.0. The van der Waals surface area contributed by atoms with Gasteiger partial charge in [-0.15, -0.1) is 0 Å². The molecule has 0 fully saturated rings. The van der Waals surface area contributed by atoms with E-state index in [1.807, 2.05) is 62.4 Å². The summed E-state index contributed by atoms with van der Waals surface area (Å²) in [6, 6.07) is 35.3. The molecule has 0 aliphatic heterocycles. The van der Waals surface area contributed by atoms with Gasteiger partial charge in [0, 0.05) is 18.8 Å². The normalized spacial score (nSPS) is 13.3. The van der Waals surface area contributed by atoms with Crippen molar-refractivity contribution < 1.29 is 56.3 Å². The minimum absolute atomic E-state index is 0.000149. The van der Waals surface area contributed by atoms with Crippen molar-refractivity contribution in [3.63, 3.8) is 0 Å². The van der Waals surface area contributed by atoms with Crippen LogP contribution in [-0.4, -0.2) is 48.5 Å². The molecule has 0 aliphatic carbocycles. The van der Waals surface area contributed by atoms with Crippen molar-refractivity contribution in [3.8, 4) is 0 Å². The van der Waals surface area contributed by atoms with Crippen LogP contribution in [0.3, 0.4) is 0 Å². The highest BCUT2D eigenvalue weighted by molar-refractivity contribution is 7.48. The van der Waals surface area contributed by atoms with Crippen LogP contribution in [0.15, 0.2) is 121 Å². The van der Waals surface area contributed by atoms with Gasteiger partial charge in [-0.25, -0.2) is 13.9 Å². The Morgan fingerprint density at radius 2 is 1.11 bits per heavy atom. The predicted molar refractivity (Wildman–Crippen MR) is 227 cm³/mol. The number of Topliss-reactive ketones (excluding diaryl/α,β-unsaturated/α-hetero) is 2. The number of phosphoric acid groups is 1. The van der Waals surface area contributed by atoms with E-state index in [2.05, 4.69) is 5.32 Å². The molecule has 0 unspecified atom stereocenters. The lowest BCUT2D eigenvalue weighted by Crippen LogP contribution is -2.46. The number of benzene rings is 4. The number of carbonyl (C=O) groups excluding carboxylic acids is 5.